The molecule has 1 aromatic rings. The first-order chi connectivity index (χ1) is 8.38. The van der Waals surface area contributed by atoms with Crippen LogP contribution in [0.15, 0.2) is 24.3 Å². The minimum atomic E-state index is 0.665. The van der Waals surface area contributed by atoms with Gasteiger partial charge in [-0.25, -0.2) is 0 Å². The maximum Gasteiger partial charge on any atom is 0.119 e. The number of rotatable bonds is 5. The van der Waals surface area contributed by atoms with Gasteiger partial charge < -0.3 is 9.47 Å². The Hall–Kier alpha value is -1.02. The molecule has 2 heteroatoms. The standard InChI is InChI=1S/C15H22O2/c1-2-4-13-5-3-6-15(11-13)17-12-14-7-9-16-10-8-14/h3,5-6,11,14H,2,4,7-10,12H2,1H3. The normalized spacial score (nSPS) is 17.0. The van der Waals surface area contributed by atoms with E-state index in [0.29, 0.717) is 5.92 Å². The Morgan fingerprint density at radius 1 is 1.29 bits per heavy atom. The van der Waals surface area contributed by atoms with Crippen LogP contribution >= 0.6 is 0 Å². The zero-order chi connectivity index (χ0) is 11.9. The highest BCUT2D eigenvalue weighted by molar-refractivity contribution is 5.28. The van der Waals surface area contributed by atoms with Gasteiger partial charge in [0.1, 0.15) is 5.75 Å². The SMILES string of the molecule is CCCc1cccc(OCC2CCOCC2)c1. The van der Waals surface area contributed by atoms with Gasteiger partial charge in [-0.15, -0.1) is 0 Å². The minimum Gasteiger partial charge on any atom is -0.493 e. The molecular formula is C15H22O2. The van der Waals surface area contributed by atoms with Crippen molar-refractivity contribution in [2.45, 2.75) is 32.6 Å². The smallest absolute Gasteiger partial charge is 0.119 e. The fourth-order valence-electron chi connectivity index (χ4n) is 2.21. The van der Waals surface area contributed by atoms with E-state index in [1.807, 2.05) is 0 Å². The monoisotopic (exact) mass is 234 g/mol. The Balaban J connectivity index is 1.83. The Kier molecular flexibility index (Phi) is 4.87. The lowest BCUT2D eigenvalue weighted by atomic mass is 10.0. The van der Waals surface area contributed by atoms with Crippen LogP contribution < -0.4 is 4.74 Å². The molecule has 1 aliphatic heterocycles. The first-order valence-electron chi connectivity index (χ1n) is 6.68. The first-order valence-corrected chi connectivity index (χ1v) is 6.68. The summed E-state index contributed by atoms with van der Waals surface area (Å²) < 4.78 is 11.2. The third-order valence-electron chi connectivity index (χ3n) is 3.26. The van der Waals surface area contributed by atoms with Crippen LogP contribution in [0.1, 0.15) is 31.7 Å². The zero-order valence-electron chi connectivity index (χ0n) is 10.7. The van der Waals surface area contributed by atoms with Crippen molar-refractivity contribution in [1.82, 2.24) is 0 Å². The van der Waals surface area contributed by atoms with E-state index in [-0.39, 0.29) is 0 Å². The molecule has 0 N–H and O–H groups in total. The van der Waals surface area contributed by atoms with Gasteiger partial charge in [0.05, 0.1) is 6.61 Å². The van der Waals surface area contributed by atoms with Crippen LogP contribution in [0.25, 0.3) is 0 Å². The molecule has 17 heavy (non-hydrogen) atoms. The van der Waals surface area contributed by atoms with Crippen LogP contribution in [-0.2, 0) is 11.2 Å². The van der Waals surface area contributed by atoms with Crippen molar-refractivity contribution in [1.29, 1.82) is 0 Å². The molecular weight excluding hydrogens is 212 g/mol. The van der Waals surface area contributed by atoms with E-state index in [1.165, 1.54) is 12.0 Å². The van der Waals surface area contributed by atoms with Gasteiger partial charge >= 0.3 is 0 Å². The molecule has 1 aromatic carbocycles. The molecule has 1 fully saturated rings. The van der Waals surface area contributed by atoms with Gasteiger partial charge in [0.25, 0.3) is 0 Å². The van der Waals surface area contributed by atoms with Crippen LogP contribution in [0.3, 0.4) is 0 Å². The Labute approximate surface area is 104 Å². The van der Waals surface area contributed by atoms with Crippen LogP contribution in [0.2, 0.25) is 0 Å². The van der Waals surface area contributed by atoms with Crippen molar-refractivity contribution < 1.29 is 9.47 Å². The van der Waals surface area contributed by atoms with Gasteiger partial charge in [0.2, 0.25) is 0 Å². The summed E-state index contributed by atoms with van der Waals surface area (Å²) >= 11 is 0. The lowest BCUT2D eigenvalue weighted by Crippen LogP contribution is -2.21. The van der Waals surface area contributed by atoms with E-state index in [0.717, 1.165) is 44.8 Å². The number of aryl methyl sites for hydroxylation is 1. The quantitative estimate of drug-likeness (QED) is 0.777. The van der Waals surface area contributed by atoms with Gasteiger partial charge in [0, 0.05) is 13.2 Å². The fraction of sp³-hybridized carbons (Fsp3) is 0.600. The summed E-state index contributed by atoms with van der Waals surface area (Å²) in [4.78, 5) is 0. The maximum absolute atomic E-state index is 5.88. The largest absolute Gasteiger partial charge is 0.493 e. The van der Waals surface area contributed by atoms with Gasteiger partial charge in [-0.2, -0.15) is 0 Å². The summed E-state index contributed by atoms with van der Waals surface area (Å²) in [6.45, 7) is 4.82. The highest BCUT2D eigenvalue weighted by atomic mass is 16.5. The van der Waals surface area contributed by atoms with E-state index in [4.69, 9.17) is 9.47 Å². The van der Waals surface area contributed by atoms with Crippen molar-refractivity contribution in [2.75, 3.05) is 19.8 Å². The van der Waals surface area contributed by atoms with Crippen LogP contribution in [0.4, 0.5) is 0 Å². The van der Waals surface area contributed by atoms with Crippen molar-refractivity contribution in [3.05, 3.63) is 29.8 Å². The molecule has 0 radical (unpaired) electrons. The highest BCUT2D eigenvalue weighted by Crippen LogP contribution is 2.19. The lowest BCUT2D eigenvalue weighted by Gasteiger charge is -2.22. The van der Waals surface area contributed by atoms with E-state index < -0.39 is 0 Å². The predicted octanol–water partition coefficient (Wildman–Crippen LogP) is 3.44. The average molecular weight is 234 g/mol. The summed E-state index contributed by atoms with van der Waals surface area (Å²) in [6.07, 6.45) is 4.58. The second-order valence-corrected chi connectivity index (χ2v) is 4.76. The molecule has 1 saturated heterocycles. The van der Waals surface area contributed by atoms with Crippen molar-refractivity contribution in [2.24, 2.45) is 5.92 Å². The second kappa shape index (κ2) is 6.65. The van der Waals surface area contributed by atoms with Crippen LogP contribution in [0, 0.1) is 5.92 Å². The van der Waals surface area contributed by atoms with Crippen molar-refractivity contribution >= 4 is 0 Å². The van der Waals surface area contributed by atoms with Crippen LogP contribution in [-0.4, -0.2) is 19.8 Å². The Morgan fingerprint density at radius 2 is 2.12 bits per heavy atom. The molecule has 0 amide bonds. The maximum atomic E-state index is 5.88. The molecule has 1 aliphatic rings. The molecule has 94 valence electrons. The molecule has 0 atom stereocenters. The topological polar surface area (TPSA) is 18.5 Å². The average Bonchev–Trinajstić information content (AvgIpc) is 2.39. The molecule has 0 aromatic heterocycles. The first kappa shape index (κ1) is 12.4. The van der Waals surface area contributed by atoms with E-state index in [2.05, 4.69) is 31.2 Å². The zero-order valence-corrected chi connectivity index (χ0v) is 10.7. The number of hydrogen-bond acceptors (Lipinski definition) is 2. The van der Waals surface area contributed by atoms with E-state index in [1.54, 1.807) is 0 Å². The number of benzene rings is 1. The van der Waals surface area contributed by atoms with Gasteiger partial charge in [-0.3, -0.25) is 0 Å². The minimum absolute atomic E-state index is 0.665. The number of ether oxygens (including phenoxy) is 2. The van der Waals surface area contributed by atoms with Gasteiger partial charge in [-0.1, -0.05) is 25.5 Å². The van der Waals surface area contributed by atoms with Crippen molar-refractivity contribution in [3.8, 4) is 5.75 Å². The van der Waals surface area contributed by atoms with Crippen LogP contribution in [0.5, 0.6) is 5.75 Å². The highest BCUT2D eigenvalue weighted by Gasteiger charge is 2.14. The van der Waals surface area contributed by atoms with Gasteiger partial charge in [0.15, 0.2) is 0 Å². The second-order valence-electron chi connectivity index (χ2n) is 4.76. The third kappa shape index (κ3) is 4.04. The molecule has 0 bridgehead atoms. The summed E-state index contributed by atoms with van der Waals surface area (Å²) in [5.41, 5.74) is 1.37. The number of hydrogen-bond donors (Lipinski definition) is 0. The summed E-state index contributed by atoms with van der Waals surface area (Å²) in [5, 5.41) is 0. The van der Waals surface area contributed by atoms with Gasteiger partial charge in [-0.05, 0) is 42.9 Å². The Morgan fingerprint density at radius 3 is 2.88 bits per heavy atom. The van der Waals surface area contributed by atoms with E-state index in [9.17, 15) is 0 Å². The molecule has 0 unspecified atom stereocenters. The Bertz CT molecular complexity index is 329. The molecule has 2 rings (SSSR count). The summed E-state index contributed by atoms with van der Waals surface area (Å²) in [5.74, 6) is 1.68. The summed E-state index contributed by atoms with van der Waals surface area (Å²) in [6, 6.07) is 8.48. The molecule has 2 nitrogen and oxygen atoms in total. The fourth-order valence-corrected chi connectivity index (χ4v) is 2.21. The molecule has 0 spiro atoms. The third-order valence-corrected chi connectivity index (χ3v) is 3.26. The molecule has 0 aliphatic carbocycles. The lowest BCUT2D eigenvalue weighted by molar-refractivity contribution is 0.0497. The summed E-state index contributed by atoms with van der Waals surface area (Å²) in [7, 11) is 0. The molecule has 1 heterocycles. The van der Waals surface area contributed by atoms with E-state index >= 15 is 0 Å². The van der Waals surface area contributed by atoms with Crippen molar-refractivity contribution in [3.63, 3.8) is 0 Å². The molecule has 0 saturated carbocycles. The predicted molar refractivity (Wildman–Crippen MR) is 69.5 cm³/mol.